The van der Waals surface area contributed by atoms with E-state index in [9.17, 15) is 0 Å². The highest BCUT2D eigenvalue weighted by Gasteiger charge is 2.30. The fraction of sp³-hybridized carbons (Fsp3) is 0.750. The van der Waals surface area contributed by atoms with Crippen LogP contribution in [0.3, 0.4) is 0 Å². The fourth-order valence-electron chi connectivity index (χ4n) is 2.38. The van der Waals surface area contributed by atoms with Crippen LogP contribution in [0.2, 0.25) is 0 Å². The maximum atomic E-state index is 4.33. The predicted octanol–water partition coefficient (Wildman–Crippen LogP) is 2.57. The quantitative estimate of drug-likeness (QED) is 0.617. The zero-order valence-electron chi connectivity index (χ0n) is 9.67. The van der Waals surface area contributed by atoms with E-state index in [2.05, 4.69) is 32.9 Å². The van der Waals surface area contributed by atoms with Crippen LogP contribution in [0.1, 0.15) is 38.4 Å². The Kier molecular flexibility index (Phi) is 2.17. The van der Waals surface area contributed by atoms with Crippen molar-refractivity contribution in [3.05, 3.63) is 17.5 Å². The van der Waals surface area contributed by atoms with E-state index in [1.165, 1.54) is 30.5 Å². The van der Waals surface area contributed by atoms with Crippen molar-refractivity contribution < 1.29 is 0 Å². The van der Waals surface area contributed by atoms with Crippen LogP contribution in [0.25, 0.3) is 0 Å². The predicted molar refractivity (Wildman–Crippen MR) is 58.2 cm³/mol. The molecule has 0 spiro atoms. The lowest BCUT2D eigenvalue weighted by Gasteiger charge is -2.33. The molecule has 0 saturated carbocycles. The Balaban J connectivity index is 2.24. The summed E-state index contributed by atoms with van der Waals surface area (Å²) in [5, 5.41) is 4.33. The molecule has 14 heavy (non-hydrogen) atoms. The molecular weight excluding hydrogens is 172 g/mol. The van der Waals surface area contributed by atoms with Gasteiger partial charge in [0.15, 0.2) is 0 Å². The minimum Gasteiger partial charge on any atom is -0.272 e. The van der Waals surface area contributed by atoms with Crippen LogP contribution < -0.4 is 0 Å². The fourth-order valence-corrected chi connectivity index (χ4v) is 2.38. The van der Waals surface area contributed by atoms with Gasteiger partial charge < -0.3 is 0 Å². The summed E-state index contributed by atoms with van der Waals surface area (Å²) in [6.45, 7) is 7.04. The lowest BCUT2D eigenvalue weighted by molar-refractivity contribution is 0.212. The molecule has 1 atom stereocenters. The summed E-state index contributed by atoms with van der Waals surface area (Å²) >= 11 is 0. The first kappa shape index (κ1) is 9.75. The number of aromatic nitrogens is 2. The number of rotatable bonds is 0. The van der Waals surface area contributed by atoms with Crippen LogP contribution in [0.5, 0.6) is 0 Å². The maximum Gasteiger partial charge on any atom is 0.0524 e. The molecule has 1 heterocycles. The smallest absolute Gasteiger partial charge is 0.0524 e. The SMILES string of the molecule is Cn1ncc2c1CC(C(C)(C)C)CC2. The molecule has 0 aromatic carbocycles. The van der Waals surface area contributed by atoms with Crippen LogP contribution in [-0.4, -0.2) is 9.78 Å². The number of hydrogen-bond acceptors (Lipinski definition) is 1. The number of fused-ring (bicyclic) bond motifs is 1. The highest BCUT2D eigenvalue weighted by atomic mass is 15.3. The van der Waals surface area contributed by atoms with Crippen molar-refractivity contribution in [1.82, 2.24) is 9.78 Å². The Bertz CT molecular complexity index is 331. The standard InChI is InChI=1S/C12H20N2/c1-12(2,3)10-6-5-9-8-13-14(4)11(9)7-10/h8,10H,5-7H2,1-4H3. The van der Waals surface area contributed by atoms with Crippen molar-refractivity contribution in [1.29, 1.82) is 0 Å². The second-order valence-electron chi connectivity index (χ2n) is 5.55. The van der Waals surface area contributed by atoms with Crippen LogP contribution in [0.4, 0.5) is 0 Å². The van der Waals surface area contributed by atoms with Gasteiger partial charge >= 0.3 is 0 Å². The average molecular weight is 192 g/mol. The average Bonchev–Trinajstić information content (AvgIpc) is 2.46. The van der Waals surface area contributed by atoms with E-state index in [1.807, 2.05) is 10.9 Å². The van der Waals surface area contributed by atoms with Crippen LogP contribution in [-0.2, 0) is 19.9 Å². The third kappa shape index (κ3) is 1.58. The van der Waals surface area contributed by atoms with Gasteiger partial charge in [0.25, 0.3) is 0 Å². The van der Waals surface area contributed by atoms with Crippen molar-refractivity contribution in [3.8, 4) is 0 Å². The lowest BCUT2D eigenvalue weighted by atomic mass is 9.72. The second-order valence-corrected chi connectivity index (χ2v) is 5.55. The molecule has 0 N–H and O–H groups in total. The van der Waals surface area contributed by atoms with Crippen LogP contribution >= 0.6 is 0 Å². The summed E-state index contributed by atoms with van der Waals surface area (Å²) in [6.07, 6.45) is 5.77. The third-order valence-electron chi connectivity index (χ3n) is 3.57. The van der Waals surface area contributed by atoms with Crippen molar-refractivity contribution in [3.63, 3.8) is 0 Å². The summed E-state index contributed by atoms with van der Waals surface area (Å²) in [4.78, 5) is 0. The molecule has 1 aliphatic carbocycles. The molecule has 0 radical (unpaired) electrons. The van der Waals surface area contributed by atoms with Gasteiger partial charge in [-0.15, -0.1) is 0 Å². The summed E-state index contributed by atoms with van der Waals surface area (Å²) in [6, 6.07) is 0. The molecule has 0 fully saturated rings. The van der Waals surface area contributed by atoms with Crippen LogP contribution in [0, 0.1) is 11.3 Å². The van der Waals surface area contributed by atoms with Gasteiger partial charge in [0, 0.05) is 12.7 Å². The molecule has 0 aliphatic heterocycles. The zero-order chi connectivity index (χ0) is 10.3. The van der Waals surface area contributed by atoms with Crippen molar-refractivity contribution in [2.24, 2.45) is 18.4 Å². The van der Waals surface area contributed by atoms with Crippen LogP contribution in [0.15, 0.2) is 6.20 Å². The minimum absolute atomic E-state index is 0.432. The van der Waals surface area contributed by atoms with Gasteiger partial charge in [0.05, 0.1) is 6.20 Å². The van der Waals surface area contributed by atoms with Gasteiger partial charge in [-0.3, -0.25) is 4.68 Å². The Morgan fingerprint density at radius 2 is 2.14 bits per heavy atom. The van der Waals surface area contributed by atoms with Gasteiger partial charge in [-0.25, -0.2) is 0 Å². The Morgan fingerprint density at radius 3 is 2.79 bits per heavy atom. The first-order valence-corrected chi connectivity index (χ1v) is 5.48. The molecule has 2 heteroatoms. The highest BCUT2D eigenvalue weighted by Crippen LogP contribution is 2.36. The largest absolute Gasteiger partial charge is 0.272 e. The van der Waals surface area contributed by atoms with Gasteiger partial charge in [-0.05, 0) is 36.2 Å². The van der Waals surface area contributed by atoms with Gasteiger partial charge in [0.2, 0.25) is 0 Å². The Labute approximate surface area is 86.3 Å². The van der Waals surface area contributed by atoms with Crippen molar-refractivity contribution in [2.45, 2.75) is 40.0 Å². The van der Waals surface area contributed by atoms with E-state index in [0.717, 1.165) is 5.92 Å². The van der Waals surface area contributed by atoms with E-state index >= 15 is 0 Å². The molecule has 1 aromatic heterocycles. The molecule has 0 bridgehead atoms. The monoisotopic (exact) mass is 192 g/mol. The maximum absolute atomic E-state index is 4.33. The lowest BCUT2D eigenvalue weighted by Crippen LogP contribution is -2.27. The van der Waals surface area contributed by atoms with E-state index in [1.54, 1.807) is 0 Å². The normalized spacial score (nSPS) is 22.1. The van der Waals surface area contributed by atoms with E-state index in [0.29, 0.717) is 5.41 Å². The summed E-state index contributed by atoms with van der Waals surface area (Å²) in [5.41, 5.74) is 3.35. The zero-order valence-corrected chi connectivity index (χ0v) is 9.67. The molecule has 1 aromatic rings. The van der Waals surface area contributed by atoms with Crippen molar-refractivity contribution >= 4 is 0 Å². The first-order valence-electron chi connectivity index (χ1n) is 5.48. The molecular formula is C12H20N2. The molecule has 0 amide bonds. The molecule has 0 saturated heterocycles. The van der Waals surface area contributed by atoms with Gasteiger partial charge in [-0.2, -0.15) is 5.10 Å². The molecule has 2 nitrogen and oxygen atoms in total. The molecule has 2 rings (SSSR count). The van der Waals surface area contributed by atoms with Gasteiger partial charge in [0.1, 0.15) is 0 Å². The van der Waals surface area contributed by atoms with E-state index < -0.39 is 0 Å². The van der Waals surface area contributed by atoms with Crippen molar-refractivity contribution in [2.75, 3.05) is 0 Å². The topological polar surface area (TPSA) is 17.8 Å². The van der Waals surface area contributed by atoms with Gasteiger partial charge in [-0.1, -0.05) is 20.8 Å². The first-order chi connectivity index (χ1) is 6.48. The molecule has 78 valence electrons. The number of hydrogen-bond donors (Lipinski definition) is 0. The van der Waals surface area contributed by atoms with E-state index in [4.69, 9.17) is 0 Å². The number of aryl methyl sites for hydroxylation is 2. The van der Waals surface area contributed by atoms with E-state index in [-0.39, 0.29) is 0 Å². The summed E-state index contributed by atoms with van der Waals surface area (Å²) in [7, 11) is 2.06. The highest BCUT2D eigenvalue weighted by molar-refractivity contribution is 5.21. The summed E-state index contributed by atoms with van der Waals surface area (Å²) in [5.74, 6) is 0.811. The third-order valence-corrected chi connectivity index (χ3v) is 3.57. The minimum atomic E-state index is 0.432. The number of nitrogens with zero attached hydrogens (tertiary/aromatic N) is 2. The molecule has 1 unspecified atom stereocenters. The second kappa shape index (κ2) is 3.11. The Hall–Kier alpha value is -0.790. The summed E-state index contributed by atoms with van der Waals surface area (Å²) < 4.78 is 2.05. The Morgan fingerprint density at radius 1 is 1.43 bits per heavy atom. The molecule has 1 aliphatic rings.